The van der Waals surface area contributed by atoms with Gasteiger partial charge < -0.3 is 0 Å². The van der Waals surface area contributed by atoms with Gasteiger partial charge in [0.1, 0.15) is 0 Å². The molecular weight excluding hydrogens is 116 g/mol. The van der Waals surface area contributed by atoms with Crippen LogP contribution in [0.4, 0.5) is 0 Å². The first-order valence-electron chi connectivity index (χ1n) is 3.40. The highest BCUT2D eigenvalue weighted by Gasteiger charge is 2.16. The molecule has 1 rings (SSSR count). The van der Waals surface area contributed by atoms with Crippen molar-refractivity contribution in [3.05, 3.63) is 5.75 Å². The van der Waals surface area contributed by atoms with Crippen molar-refractivity contribution in [2.24, 2.45) is 0 Å². The molecular formula is C7H13S. The summed E-state index contributed by atoms with van der Waals surface area (Å²) in [6.45, 7) is 2.20. The molecule has 0 nitrogen and oxygen atoms in total. The van der Waals surface area contributed by atoms with Gasteiger partial charge in [-0.2, -0.15) is 11.8 Å². The van der Waals surface area contributed by atoms with E-state index < -0.39 is 0 Å². The van der Waals surface area contributed by atoms with Crippen LogP contribution >= 0.6 is 11.8 Å². The SMILES string of the molecule is CC[CH]SC1CCC1. The highest BCUT2D eigenvalue weighted by molar-refractivity contribution is 8.01. The van der Waals surface area contributed by atoms with E-state index >= 15 is 0 Å². The van der Waals surface area contributed by atoms with E-state index in [4.69, 9.17) is 0 Å². The van der Waals surface area contributed by atoms with Crippen molar-refractivity contribution in [3.63, 3.8) is 0 Å². The zero-order chi connectivity index (χ0) is 5.82. The molecule has 47 valence electrons. The molecule has 1 aliphatic carbocycles. The summed E-state index contributed by atoms with van der Waals surface area (Å²) in [5.41, 5.74) is 0. The van der Waals surface area contributed by atoms with Crippen molar-refractivity contribution in [1.29, 1.82) is 0 Å². The minimum absolute atomic E-state index is 0.995. The topological polar surface area (TPSA) is 0 Å². The van der Waals surface area contributed by atoms with E-state index in [1.54, 1.807) is 0 Å². The van der Waals surface area contributed by atoms with Gasteiger partial charge in [0.2, 0.25) is 0 Å². The zero-order valence-corrected chi connectivity index (χ0v) is 6.21. The highest BCUT2D eigenvalue weighted by Crippen LogP contribution is 2.32. The van der Waals surface area contributed by atoms with Gasteiger partial charge in [-0.15, -0.1) is 0 Å². The first-order valence-corrected chi connectivity index (χ1v) is 4.35. The van der Waals surface area contributed by atoms with Gasteiger partial charge >= 0.3 is 0 Å². The fourth-order valence-electron chi connectivity index (χ4n) is 0.739. The van der Waals surface area contributed by atoms with E-state index in [9.17, 15) is 0 Å². The normalized spacial score (nSPS) is 20.6. The van der Waals surface area contributed by atoms with Crippen LogP contribution in [0.3, 0.4) is 0 Å². The highest BCUT2D eigenvalue weighted by atomic mass is 32.2. The van der Waals surface area contributed by atoms with Gasteiger partial charge in [0, 0.05) is 11.0 Å². The average Bonchev–Trinajstić information content (AvgIpc) is 1.63. The molecule has 1 radical (unpaired) electrons. The average molecular weight is 129 g/mol. The second-order valence-corrected chi connectivity index (χ2v) is 3.54. The van der Waals surface area contributed by atoms with Gasteiger partial charge in [-0.1, -0.05) is 13.3 Å². The molecule has 0 aromatic carbocycles. The molecule has 0 N–H and O–H groups in total. The third-order valence-corrected chi connectivity index (χ3v) is 2.89. The Hall–Kier alpha value is 0.350. The summed E-state index contributed by atoms with van der Waals surface area (Å²) >= 11 is 2.04. The molecule has 0 aromatic heterocycles. The predicted molar refractivity (Wildman–Crippen MR) is 39.8 cm³/mol. The van der Waals surface area contributed by atoms with Crippen molar-refractivity contribution in [2.45, 2.75) is 37.9 Å². The largest absolute Gasteiger partial charge is 0.154 e. The van der Waals surface area contributed by atoms with Gasteiger partial charge in [0.25, 0.3) is 0 Å². The number of hydrogen-bond donors (Lipinski definition) is 0. The van der Waals surface area contributed by atoms with E-state index in [0.717, 1.165) is 5.25 Å². The minimum Gasteiger partial charge on any atom is -0.154 e. The molecule has 0 unspecified atom stereocenters. The van der Waals surface area contributed by atoms with Crippen LogP contribution in [-0.4, -0.2) is 5.25 Å². The molecule has 1 heteroatoms. The van der Waals surface area contributed by atoms with Crippen molar-refractivity contribution in [2.75, 3.05) is 0 Å². The minimum atomic E-state index is 0.995. The third-order valence-electron chi connectivity index (χ3n) is 1.51. The van der Waals surface area contributed by atoms with Crippen molar-refractivity contribution in [1.82, 2.24) is 0 Å². The summed E-state index contributed by atoms with van der Waals surface area (Å²) < 4.78 is 0. The molecule has 1 aliphatic rings. The summed E-state index contributed by atoms with van der Waals surface area (Å²) in [5.74, 6) is 2.32. The Morgan fingerprint density at radius 1 is 1.62 bits per heavy atom. The maximum absolute atomic E-state index is 2.32. The molecule has 0 heterocycles. The van der Waals surface area contributed by atoms with Crippen molar-refractivity contribution >= 4 is 11.8 Å². The lowest BCUT2D eigenvalue weighted by atomic mass is 10.0. The Morgan fingerprint density at radius 2 is 2.38 bits per heavy atom. The van der Waals surface area contributed by atoms with Crippen molar-refractivity contribution in [3.8, 4) is 0 Å². The second-order valence-electron chi connectivity index (χ2n) is 2.26. The summed E-state index contributed by atoms with van der Waals surface area (Å²) in [4.78, 5) is 0. The van der Waals surface area contributed by atoms with Crippen LogP contribution in [0.15, 0.2) is 0 Å². The van der Waals surface area contributed by atoms with Gasteiger partial charge in [-0.25, -0.2) is 0 Å². The van der Waals surface area contributed by atoms with Gasteiger partial charge in [0.15, 0.2) is 0 Å². The van der Waals surface area contributed by atoms with Crippen LogP contribution in [0, 0.1) is 5.75 Å². The lowest BCUT2D eigenvalue weighted by Gasteiger charge is -2.23. The number of thioether (sulfide) groups is 1. The van der Waals surface area contributed by atoms with E-state index in [1.807, 2.05) is 11.8 Å². The van der Waals surface area contributed by atoms with Crippen LogP contribution < -0.4 is 0 Å². The molecule has 0 aliphatic heterocycles. The maximum atomic E-state index is 2.32. The van der Waals surface area contributed by atoms with E-state index in [1.165, 1.54) is 25.7 Å². The lowest BCUT2D eigenvalue weighted by molar-refractivity contribution is 0.523. The smallest absolute Gasteiger partial charge is 0.0166 e. The molecule has 0 bridgehead atoms. The summed E-state index contributed by atoms with van der Waals surface area (Å²) in [6.07, 6.45) is 5.61. The molecule has 0 atom stereocenters. The zero-order valence-electron chi connectivity index (χ0n) is 5.39. The van der Waals surface area contributed by atoms with Crippen LogP contribution in [0.2, 0.25) is 0 Å². The van der Waals surface area contributed by atoms with Crippen LogP contribution in [0.1, 0.15) is 32.6 Å². The van der Waals surface area contributed by atoms with Gasteiger partial charge in [-0.3, -0.25) is 0 Å². The summed E-state index contributed by atoms with van der Waals surface area (Å²) in [7, 11) is 0. The molecule has 1 saturated carbocycles. The fourth-order valence-corrected chi connectivity index (χ4v) is 1.81. The Morgan fingerprint density at radius 3 is 2.75 bits per heavy atom. The van der Waals surface area contributed by atoms with Crippen molar-refractivity contribution < 1.29 is 0 Å². The molecule has 0 aromatic rings. The van der Waals surface area contributed by atoms with Gasteiger partial charge in [0.05, 0.1) is 0 Å². The number of hydrogen-bond acceptors (Lipinski definition) is 1. The fraction of sp³-hybridized carbons (Fsp3) is 0.857. The predicted octanol–water partition coefficient (Wildman–Crippen LogP) is 2.84. The monoisotopic (exact) mass is 129 g/mol. The number of rotatable bonds is 3. The Bertz CT molecular complexity index is 57.4. The maximum Gasteiger partial charge on any atom is 0.0166 e. The van der Waals surface area contributed by atoms with E-state index in [0.29, 0.717) is 0 Å². The van der Waals surface area contributed by atoms with E-state index in [-0.39, 0.29) is 0 Å². The lowest BCUT2D eigenvalue weighted by Crippen LogP contribution is -2.12. The Labute approximate surface area is 56.0 Å². The van der Waals surface area contributed by atoms with Crippen LogP contribution in [-0.2, 0) is 0 Å². The third kappa shape index (κ3) is 1.70. The molecule has 8 heavy (non-hydrogen) atoms. The van der Waals surface area contributed by atoms with Gasteiger partial charge in [-0.05, 0) is 19.3 Å². The Balaban J connectivity index is 1.86. The molecule has 0 amide bonds. The molecule has 0 saturated heterocycles. The quantitative estimate of drug-likeness (QED) is 0.564. The first-order chi connectivity index (χ1) is 3.93. The van der Waals surface area contributed by atoms with E-state index in [2.05, 4.69) is 12.7 Å². The van der Waals surface area contributed by atoms with Crippen LogP contribution in [0.25, 0.3) is 0 Å². The molecule has 0 spiro atoms. The summed E-state index contributed by atoms with van der Waals surface area (Å²) in [6, 6.07) is 0. The molecule has 1 fully saturated rings. The van der Waals surface area contributed by atoms with Crippen LogP contribution in [0.5, 0.6) is 0 Å². The summed E-state index contributed by atoms with van der Waals surface area (Å²) in [5, 5.41) is 0.995. The Kier molecular flexibility index (Phi) is 2.74. The first kappa shape index (κ1) is 6.47. The second kappa shape index (κ2) is 3.39. The standard InChI is InChI=1S/C7H13S/c1-2-6-8-7-4-3-5-7/h6-7H,2-5H2,1H3.